The maximum absolute atomic E-state index is 10.9. The van der Waals surface area contributed by atoms with Crippen molar-refractivity contribution in [3.8, 4) is 0 Å². The van der Waals surface area contributed by atoms with Crippen molar-refractivity contribution < 1.29 is 9.90 Å². The first-order chi connectivity index (χ1) is 14.4. The number of rotatable bonds is 8. The highest BCUT2D eigenvalue weighted by molar-refractivity contribution is 5.66. The third kappa shape index (κ3) is 6.32. The van der Waals surface area contributed by atoms with Crippen molar-refractivity contribution in [2.24, 2.45) is 0 Å². The van der Waals surface area contributed by atoms with E-state index >= 15 is 0 Å². The average molecular weight is 435 g/mol. The molecule has 12 heteroatoms. The third-order valence-corrected chi connectivity index (χ3v) is 4.68. The Labute approximate surface area is 183 Å². The minimum Gasteiger partial charge on any atom is -0.480 e. The maximum Gasteiger partial charge on any atom is 0.325 e. The van der Waals surface area contributed by atoms with Gasteiger partial charge < -0.3 is 5.11 Å². The molecule has 0 radical (unpaired) electrons. The lowest BCUT2D eigenvalue weighted by atomic mass is 10.1. The molecule has 3 rings (SSSR count). The molecular weight excluding hydrogens is 400 g/mol. The monoisotopic (exact) mass is 434 g/mol. The first-order valence-electron chi connectivity index (χ1n) is 10.2. The van der Waals surface area contributed by atoms with Crippen LogP contribution in [0.15, 0.2) is 31.0 Å². The normalized spacial score (nSPS) is 17.0. The zero-order valence-electron chi connectivity index (χ0n) is 19.1. The molecule has 1 aromatic heterocycles. The number of carbonyl (C=O) groups is 1. The molecule has 3 N–H and O–H groups in total. The number of hydrazine groups is 4. The summed E-state index contributed by atoms with van der Waals surface area (Å²) in [5.41, 5.74) is 7.32. The Morgan fingerprint density at radius 3 is 1.90 bits per heavy atom. The molecule has 0 fully saturated rings. The molecule has 172 valence electrons. The van der Waals surface area contributed by atoms with Gasteiger partial charge in [0.1, 0.15) is 6.54 Å². The Balaban J connectivity index is 1.66. The summed E-state index contributed by atoms with van der Waals surface area (Å²) in [7, 11) is 0. The number of nitrogens with zero attached hydrogens (tertiary/aromatic N) is 8. The summed E-state index contributed by atoms with van der Waals surface area (Å²) in [6.07, 6.45) is 9.68. The van der Waals surface area contributed by atoms with E-state index in [2.05, 4.69) is 67.8 Å². The molecule has 1 aromatic rings. The van der Waals surface area contributed by atoms with Gasteiger partial charge in [0.05, 0.1) is 25.2 Å². The zero-order valence-corrected chi connectivity index (χ0v) is 19.1. The first kappa shape index (κ1) is 22.8. The molecule has 0 amide bonds. The number of aliphatic carboxylic acids is 1. The van der Waals surface area contributed by atoms with Crippen molar-refractivity contribution in [1.82, 2.24) is 51.0 Å². The second-order valence-electron chi connectivity index (χ2n) is 9.73. The van der Waals surface area contributed by atoms with Crippen LogP contribution in [0.1, 0.15) is 47.2 Å². The van der Waals surface area contributed by atoms with Crippen molar-refractivity contribution in [3.63, 3.8) is 0 Å². The molecule has 3 heterocycles. The van der Waals surface area contributed by atoms with Gasteiger partial charge in [0.25, 0.3) is 0 Å². The highest BCUT2D eigenvalue weighted by Crippen LogP contribution is 2.18. The summed E-state index contributed by atoms with van der Waals surface area (Å²) in [5.74, 6) is -0.948. The fourth-order valence-electron chi connectivity index (χ4n) is 3.04. The van der Waals surface area contributed by atoms with Crippen LogP contribution < -0.4 is 11.1 Å². The van der Waals surface area contributed by atoms with Gasteiger partial charge in [0.15, 0.2) is 0 Å². The van der Waals surface area contributed by atoms with Gasteiger partial charge in [-0.1, -0.05) is 5.21 Å². The number of carboxylic acids is 1. The molecule has 0 bridgehead atoms. The molecule has 0 saturated carbocycles. The van der Waals surface area contributed by atoms with Crippen molar-refractivity contribution >= 4 is 5.97 Å². The van der Waals surface area contributed by atoms with Crippen LogP contribution in [0.3, 0.4) is 0 Å². The summed E-state index contributed by atoms with van der Waals surface area (Å²) < 4.78 is 1.33. The van der Waals surface area contributed by atoms with Gasteiger partial charge in [0, 0.05) is 42.4 Å². The quantitative estimate of drug-likeness (QED) is 0.538. The third-order valence-electron chi connectivity index (χ3n) is 4.68. The van der Waals surface area contributed by atoms with Gasteiger partial charge in [0.2, 0.25) is 0 Å². The van der Waals surface area contributed by atoms with Gasteiger partial charge in [-0.25, -0.2) is 4.68 Å². The van der Waals surface area contributed by atoms with Crippen LogP contribution in [-0.4, -0.2) is 75.4 Å². The van der Waals surface area contributed by atoms with Crippen LogP contribution in [0.4, 0.5) is 0 Å². The van der Waals surface area contributed by atoms with Crippen LogP contribution in [-0.2, 0) is 17.9 Å². The van der Waals surface area contributed by atoms with Crippen LogP contribution >= 0.6 is 0 Å². The van der Waals surface area contributed by atoms with E-state index < -0.39 is 5.97 Å². The van der Waals surface area contributed by atoms with Gasteiger partial charge >= 0.3 is 5.97 Å². The van der Waals surface area contributed by atoms with Crippen molar-refractivity contribution in [3.05, 3.63) is 36.7 Å². The molecule has 0 aliphatic carbocycles. The van der Waals surface area contributed by atoms with Crippen LogP contribution in [0, 0.1) is 0 Å². The minimum absolute atomic E-state index is 0.0535. The molecule has 2 aliphatic rings. The first-order valence-corrected chi connectivity index (χ1v) is 10.2. The van der Waals surface area contributed by atoms with E-state index in [4.69, 9.17) is 5.11 Å². The molecule has 0 saturated heterocycles. The van der Waals surface area contributed by atoms with E-state index in [0.717, 1.165) is 0 Å². The predicted octanol–water partition coefficient (Wildman–Crippen LogP) is 0.694. The lowest BCUT2D eigenvalue weighted by molar-refractivity contribution is -0.137. The summed E-state index contributed by atoms with van der Waals surface area (Å²) >= 11 is 0. The fraction of sp³-hybridized carbons (Fsp3) is 0.632. The Morgan fingerprint density at radius 2 is 1.48 bits per heavy atom. The Kier molecular flexibility index (Phi) is 6.43. The topological polar surface area (TPSA) is 108 Å². The van der Waals surface area contributed by atoms with E-state index in [1.165, 1.54) is 4.68 Å². The van der Waals surface area contributed by atoms with E-state index in [1.807, 2.05) is 44.8 Å². The molecule has 12 nitrogen and oxygen atoms in total. The smallest absolute Gasteiger partial charge is 0.325 e. The van der Waals surface area contributed by atoms with Gasteiger partial charge in [-0.15, -0.1) is 16.2 Å². The standard InChI is InChI=1S/C19H34N10O2/c1-18(2,3)28-9-7-25(22-28)14-24(11-16-12-27(21-20-16)13-17(30)31)15-26-8-10-29(23-26)19(4,5)6/h7-10,12,22-23H,11,13-15H2,1-6H3,(H,30,31). The van der Waals surface area contributed by atoms with Gasteiger partial charge in [-0.05, 0) is 41.5 Å². The highest BCUT2D eigenvalue weighted by atomic mass is 16.4. The molecule has 0 atom stereocenters. The lowest BCUT2D eigenvalue weighted by Crippen LogP contribution is -2.54. The SMILES string of the molecule is CC(C)(C)N1C=CN(CN(Cc2cn(CC(=O)O)nn2)CN2C=CN(C(C)(C)C)N2)N1. The summed E-state index contributed by atoms with van der Waals surface area (Å²) in [6, 6.07) is 0. The average Bonchev–Trinajstić information content (AvgIpc) is 3.34. The summed E-state index contributed by atoms with van der Waals surface area (Å²) in [5, 5.41) is 25.1. The van der Waals surface area contributed by atoms with Crippen LogP contribution in [0.2, 0.25) is 0 Å². The van der Waals surface area contributed by atoms with Gasteiger partial charge in [-0.3, -0.25) is 29.7 Å². The van der Waals surface area contributed by atoms with Crippen LogP contribution in [0.5, 0.6) is 0 Å². The Morgan fingerprint density at radius 1 is 0.968 bits per heavy atom. The van der Waals surface area contributed by atoms with Crippen LogP contribution in [0.25, 0.3) is 0 Å². The summed E-state index contributed by atoms with van der Waals surface area (Å²) in [6.45, 7) is 14.2. The number of hydrogen-bond acceptors (Lipinski definition) is 10. The second-order valence-corrected chi connectivity index (χ2v) is 9.73. The maximum atomic E-state index is 10.9. The second kappa shape index (κ2) is 8.73. The molecule has 0 spiro atoms. The fourth-order valence-corrected chi connectivity index (χ4v) is 3.04. The Hall–Kier alpha value is -2.83. The van der Waals surface area contributed by atoms with Crippen molar-refractivity contribution in [2.45, 2.75) is 65.7 Å². The molecular formula is C19H34N10O2. The predicted molar refractivity (Wildman–Crippen MR) is 114 cm³/mol. The Bertz CT molecular complexity index is 782. The molecule has 0 unspecified atom stereocenters. The highest BCUT2D eigenvalue weighted by Gasteiger charge is 2.27. The number of nitrogens with one attached hydrogen (secondary N) is 2. The number of carboxylic acid groups (broad SMARTS) is 1. The number of hydrogen-bond donors (Lipinski definition) is 3. The minimum atomic E-state index is -0.948. The zero-order chi connectivity index (χ0) is 22.8. The van der Waals surface area contributed by atoms with Crippen molar-refractivity contribution in [2.75, 3.05) is 13.3 Å². The molecule has 0 aromatic carbocycles. The largest absolute Gasteiger partial charge is 0.480 e. The number of aromatic nitrogens is 3. The lowest BCUT2D eigenvalue weighted by Gasteiger charge is -2.37. The van der Waals surface area contributed by atoms with E-state index in [1.54, 1.807) is 6.20 Å². The van der Waals surface area contributed by atoms with Crippen molar-refractivity contribution in [1.29, 1.82) is 0 Å². The van der Waals surface area contributed by atoms with E-state index in [0.29, 0.717) is 25.6 Å². The molecule has 31 heavy (non-hydrogen) atoms. The summed E-state index contributed by atoms with van der Waals surface area (Å²) in [4.78, 5) is 13.1. The van der Waals surface area contributed by atoms with E-state index in [9.17, 15) is 4.79 Å². The molecule has 2 aliphatic heterocycles. The van der Waals surface area contributed by atoms with E-state index in [-0.39, 0.29) is 17.6 Å². The van der Waals surface area contributed by atoms with Gasteiger partial charge in [-0.2, -0.15) is 0 Å².